The van der Waals surface area contributed by atoms with E-state index in [4.69, 9.17) is 4.74 Å². The first-order valence-corrected chi connectivity index (χ1v) is 9.62. The van der Waals surface area contributed by atoms with Gasteiger partial charge in [0.2, 0.25) is 10.0 Å². The van der Waals surface area contributed by atoms with E-state index < -0.39 is 20.6 Å². The van der Waals surface area contributed by atoms with Crippen LogP contribution in [0.15, 0.2) is 53.7 Å². The molecule has 0 bridgehead atoms. The summed E-state index contributed by atoms with van der Waals surface area (Å²) >= 11 is 0. The van der Waals surface area contributed by atoms with Gasteiger partial charge < -0.3 is 9.30 Å². The van der Waals surface area contributed by atoms with E-state index >= 15 is 0 Å². The minimum atomic E-state index is -4.02. The second-order valence-electron chi connectivity index (χ2n) is 5.77. The summed E-state index contributed by atoms with van der Waals surface area (Å²) in [4.78, 5) is 14.3. The van der Waals surface area contributed by atoms with E-state index in [-0.39, 0.29) is 17.2 Å². The number of hydrogen-bond acceptors (Lipinski definition) is 6. The molecule has 1 aromatic heterocycles. The molecule has 0 atom stereocenters. The maximum Gasteiger partial charge on any atom is 0.293 e. The molecule has 0 aliphatic heterocycles. The number of nitro groups is 1. The van der Waals surface area contributed by atoms with E-state index in [1.54, 1.807) is 6.33 Å². The van der Waals surface area contributed by atoms with Gasteiger partial charge in [0.1, 0.15) is 5.75 Å². The topological polar surface area (TPSA) is 116 Å². The average Bonchev–Trinajstić information content (AvgIpc) is 3.08. The lowest BCUT2D eigenvalue weighted by Crippen LogP contribution is -2.26. The van der Waals surface area contributed by atoms with Crippen LogP contribution >= 0.6 is 0 Å². The fraction of sp³-hybridized carbons (Fsp3) is 0.235. The van der Waals surface area contributed by atoms with Crippen LogP contribution in [0.5, 0.6) is 5.75 Å². The number of nitrogens with one attached hydrogen (secondary N) is 1. The normalized spacial score (nSPS) is 11.6. The molecule has 1 N–H and O–H groups in total. The average molecular weight is 390 g/mol. The third-order valence-corrected chi connectivity index (χ3v) is 5.56. The number of nitro benzene ring substituents is 1. The minimum absolute atomic E-state index is 0.137. The number of fused-ring (bicyclic) bond motifs is 1. The summed E-state index contributed by atoms with van der Waals surface area (Å²) in [7, 11) is -2.66. The van der Waals surface area contributed by atoms with Crippen LogP contribution in [-0.2, 0) is 16.6 Å². The van der Waals surface area contributed by atoms with Gasteiger partial charge in [0.05, 0.1) is 35.5 Å². The van der Waals surface area contributed by atoms with Crippen LogP contribution in [0.2, 0.25) is 0 Å². The van der Waals surface area contributed by atoms with Crippen LogP contribution in [0, 0.1) is 10.1 Å². The van der Waals surface area contributed by atoms with E-state index in [1.807, 2.05) is 28.8 Å². The van der Waals surface area contributed by atoms with Crippen LogP contribution in [-0.4, -0.2) is 36.5 Å². The van der Waals surface area contributed by atoms with E-state index in [0.717, 1.165) is 17.1 Å². The fourth-order valence-corrected chi connectivity index (χ4v) is 3.94. The second kappa shape index (κ2) is 7.72. The van der Waals surface area contributed by atoms with Crippen molar-refractivity contribution in [3.63, 3.8) is 0 Å². The van der Waals surface area contributed by atoms with Gasteiger partial charge in [-0.05, 0) is 30.7 Å². The van der Waals surface area contributed by atoms with E-state index in [1.165, 1.54) is 19.2 Å². The van der Waals surface area contributed by atoms with Crippen molar-refractivity contribution in [3.8, 4) is 5.75 Å². The summed E-state index contributed by atoms with van der Waals surface area (Å²) in [5.74, 6) is 0.215. The van der Waals surface area contributed by atoms with Gasteiger partial charge in [-0.2, -0.15) is 0 Å². The van der Waals surface area contributed by atoms with Gasteiger partial charge >= 0.3 is 0 Å². The number of nitrogens with zero attached hydrogens (tertiary/aromatic N) is 3. The van der Waals surface area contributed by atoms with Crippen LogP contribution in [0.3, 0.4) is 0 Å². The second-order valence-corrected chi connectivity index (χ2v) is 7.50. The summed E-state index contributed by atoms with van der Waals surface area (Å²) in [6.07, 6.45) is 2.21. The zero-order valence-corrected chi connectivity index (χ0v) is 15.3. The van der Waals surface area contributed by atoms with Crippen LogP contribution < -0.4 is 9.46 Å². The number of para-hydroxylation sites is 2. The Kier molecular flexibility index (Phi) is 5.38. The SMILES string of the molecule is COc1ccc(S(=O)(=O)NCCCn2cnc3ccccc32)c([N+](=O)[O-])c1. The number of aromatic nitrogens is 2. The lowest BCUT2D eigenvalue weighted by Gasteiger charge is -2.09. The Bertz CT molecular complexity index is 1080. The van der Waals surface area contributed by atoms with E-state index in [0.29, 0.717) is 13.0 Å². The first kappa shape index (κ1) is 18.8. The molecular weight excluding hydrogens is 372 g/mol. The number of sulfonamides is 1. The van der Waals surface area contributed by atoms with Gasteiger partial charge in [-0.3, -0.25) is 10.1 Å². The summed E-state index contributed by atoms with van der Waals surface area (Å²) in [5, 5.41) is 11.2. The Labute approximate surface area is 155 Å². The highest BCUT2D eigenvalue weighted by molar-refractivity contribution is 7.89. The molecule has 0 unspecified atom stereocenters. The molecule has 0 saturated heterocycles. The van der Waals surface area contributed by atoms with Gasteiger partial charge in [0, 0.05) is 13.1 Å². The summed E-state index contributed by atoms with van der Waals surface area (Å²) in [5.41, 5.74) is 1.31. The molecule has 142 valence electrons. The van der Waals surface area contributed by atoms with Crippen molar-refractivity contribution in [2.75, 3.05) is 13.7 Å². The van der Waals surface area contributed by atoms with Crippen LogP contribution in [0.1, 0.15) is 6.42 Å². The number of rotatable bonds is 8. The molecule has 0 saturated carbocycles. The Hall–Kier alpha value is -2.98. The maximum atomic E-state index is 12.5. The summed E-state index contributed by atoms with van der Waals surface area (Å²) in [6, 6.07) is 11.3. The monoisotopic (exact) mass is 390 g/mol. The van der Waals surface area contributed by atoms with Crippen molar-refractivity contribution in [1.29, 1.82) is 0 Å². The van der Waals surface area contributed by atoms with Gasteiger partial charge in [-0.1, -0.05) is 12.1 Å². The predicted octanol–water partition coefficient (Wildman–Crippen LogP) is 2.32. The lowest BCUT2D eigenvalue weighted by atomic mass is 10.3. The van der Waals surface area contributed by atoms with Crippen LogP contribution in [0.25, 0.3) is 11.0 Å². The Morgan fingerprint density at radius 3 is 2.78 bits per heavy atom. The summed E-state index contributed by atoms with van der Waals surface area (Å²) in [6.45, 7) is 0.700. The number of imidazole rings is 1. The number of benzene rings is 2. The fourth-order valence-electron chi connectivity index (χ4n) is 2.72. The largest absolute Gasteiger partial charge is 0.497 e. The number of ether oxygens (including phenoxy) is 1. The van der Waals surface area contributed by atoms with E-state index in [9.17, 15) is 18.5 Å². The van der Waals surface area contributed by atoms with Crippen LogP contribution in [0.4, 0.5) is 5.69 Å². The molecule has 9 nitrogen and oxygen atoms in total. The maximum absolute atomic E-state index is 12.5. The first-order valence-electron chi connectivity index (χ1n) is 8.14. The number of hydrogen-bond donors (Lipinski definition) is 1. The molecule has 3 rings (SSSR count). The summed E-state index contributed by atoms with van der Waals surface area (Å²) < 4.78 is 34.2. The third kappa shape index (κ3) is 4.07. The third-order valence-electron chi connectivity index (χ3n) is 4.05. The van der Waals surface area contributed by atoms with Crippen molar-refractivity contribution in [1.82, 2.24) is 14.3 Å². The van der Waals surface area contributed by atoms with Crippen molar-refractivity contribution in [2.45, 2.75) is 17.9 Å². The molecule has 0 aliphatic rings. The Morgan fingerprint density at radius 2 is 2.04 bits per heavy atom. The molecule has 0 spiro atoms. The molecule has 2 aromatic carbocycles. The number of methoxy groups -OCH3 is 1. The molecule has 0 amide bonds. The zero-order valence-electron chi connectivity index (χ0n) is 14.5. The molecule has 3 aromatic rings. The minimum Gasteiger partial charge on any atom is -0.497 e. The molecule has 0 aliphatic carbocycles. The van der Waals surface area contributed by atoms with Crippen molar-refractivity contribution in [2.24, 2.45) is 0 Å². The van der Waals surface area contributed by atoms with Gasteiger partial charge in [0.25, 0.3) is 5.69 Å². The standard InChI is InChI=1S/C17H18N4O5S/c1-26-13-7-8-17(16(11-13)21(22)23)27(24,25)19-9-4-10-20-12-18-14-5-2-3-6-15(14)20/h2-3,5-8,11-12,19H,4,9-10H2,1H3. The highest BCUT2D eigenvalue weighted by Crippen LogP contribution is 2.28. The highest BCUT2D eigenvalue weighted by atomic mass is 32.2. The molecule has 0 radical (unpaired) electrons. The van der Waals surface area contributed by atoms with E-state index in [2.05, 4.69) is 9.71 Å². The molecular formula is C17H18N4O5S. The van der Waals surface area contributed by atoms with Crippen molar-refractivity contribution < 1.29 is 18.1 Å². The molecule has 27 heavy (non-hydrogen) atoms. The van der Waals surface area contributed by atoms with Gasteiger partial charge in [-0.25, -0.2) is 18.1 Å². The van der Waals surface area contributed by atoms with Gasteiger partial charge in [-0.15, -0.1) is 0 Å². The lowest BCUT2D eigenvalue weighted by molar-refractivity contribution is -0.387. The van der Waals surface area contributed by atoms with Gasteiger partial charge in [0.15, 0.2) is 4.90 Å². The Balaban J connectivity index is 1.68. The zero-order chi connectivity index (χ0) is 19.4. The molecule has 0 fully saturated rings. The predicted molar refractivity (Wildman–Crippen MR) is 99.2 cm³/mol. The quantitative estimate of drug-likeness (QED) is 0.358. The Morgan fingerprint density at radius 1 is 1.26 bits per heavy atom. The highest BCUT2D eigenvalue weighted by Gasteiger charge is 2.26. The molecule has 10 heteroatoms. The first-order chi connectivity index (χ1) is 12.9. The molecule has 1 heterocycles. The number of aryl methyl sites for hydroxylation is 1. The smallest absolute Gasteiger partial charge is 0.293 e. The van der Waals surface area contributed by atoms with Crippen molar-refractivity contribution >= 4 is 26.7 Å². The van der Waals surface area contributed by atoms with Crippen molar-refractivity contribution in [3.05, 3.63) is 58.9 Å².